The van der Waals surface area contributed by atoms with E-state index in [9.17, 15) is 4.79 Å². The second-order valence-corrected chi connectivity index (χ2v) is 3.37. The lowest BCUT2D eigenvalue weighted by molar-refractivity contribution is 0.107. The zero-order valence-corrected chi connectivity index (χ0v) is 8.64. The van der Waals surface area contributed by atoms with E-state index in [1.807, 2.05) is 0 Å². The summed E-state index contributed by atoms with van der Waals surface area (Å²) in [6.45, 7) is 2.12. The minimum atomic E-state index is -0.447. The lowest BCUT2D eigenvalue weighted by Crippen LogP contribution is -2.00. The Balaban J connectivity index is 2.76. The molecule has 0 saturated carbocycles. The van der Waals surface area contributed by atoms with Crippen LogP contribution >= 0.6 is 11.6 Å². The largest absolute Gasteiger partial charge is 0.274 e. The fraction of sp³-hybridized carbons (Fsp3) is 0.556. The van der Waals surface area contributed by atoms with Crippen LogP contribution in [-0.2, 0) is 13.5 Å². The molecule has 1 aromatic rings. The van der Waals surface area contributed by atoms with Gasteiger partial charge in [0.25, 0.3) is 5.24 Å². The summed E-state index contributed by atoms with van der Waals surface area (Å²) in [7, 11) is 1.73. The number of hydrogen-bond donors (Lipinski definition) is 0. The summed E-state index contributed by atoms with van der Waals surface area (Å²) in [4.78, 5) is 10.9. The molecule has 72 valence electrons. The van der Waals surface area contributed by atoms with Crippen LogP contribution in [0.25, 0.3) is 0 Å². The van der Waals surface area contributed by atoms with Crippen molar-refractivity contribution in [2.75, 3.05) is 0 Å². The Labute approximate surface area is 82.7 Å². The Morgan fingerprint density at radius 2 is 2.38 bits per heavy atom. The Morgan fingerprint density at radius 3 is 2.85 bits per heavy atom. The van der Waals surface area contributed by atoms with E-state index in [0.717, 1.165) is 25.0 Å². The molecule has 4 heteroatoms. The molecule has 0 aliphatic heterocycles. The molecule has 0 aromatic carbocycles. The van der Waals surface area contributed by atoms with Crippen LogP contribution in [0.5, 0.6) is 0 Å². The number of carbonyl (C=O) groups excluding carboxylic acids is 1. The first-order valence-corrected chi connectivity index (χ1v) is 4.75. The SMILES string of the molecule is CCCCc1cc(C(=O)Cl)n(C)n1. The van der Waals surface area contributed by atoms with Crippen molar-refractivity contribution in [3.63, 3.8) is 0 Å². The predicted octanol–water partition coefficient (Wildman–Crippen LogP) is 2.14. The Kier molecular flexibility index (Phi) is 3.48. The number of aromatic nitrogens is 2. The molecule has 13 heavy (non-hydrogen) atoms. The van der Waals surface area contributed by atoms with Crippen LogP contribution in [0.15, 0.2) is 6.07 Å². The average Bonchev–Trinajstić information content (AvgIpc) is 2.43. The van der Waals surface area contributed by atoms with Gasteiger partial charge in [-0.05, 0) is 30.5 Å². The first-order chi connectivity index (χ1) is 6.15. The van der Waals surface area contributed by atoms with E-state index in [2.05, 4.69) is 12.0 Å². The van der Waals surface area contributed by atoms with Crippen molar-refractivity contribution < 1.29 is 4.79 Å². The van der Waals surface area contributed by atoms with E-state index in [0.29, 0.717) is 5.69 Å². The molecule has 0 bridgehead atoms. The highest BCUT2D eigenvalue weighted by Gasteiger charge is 2.09. The van der Waals surface area contributed by atoms with Crippen molar-refractivity contribution in [2.45, 2.75) is 26.2 Å². The predicted molar refractivity (Wildman–Crippen MR) is 52.0 cm³/mol. The fourth-order valence-corrected chi connectivity index (χ4v) is 1.37. The lowest BCUT2D eigenvalue weighted by atomic mass is 10.2. The second-order valence-electron chi connectivity index (χ2n) is 3.02. The summed E-state index contributed by atoms with van der Waals surface area (Å²) in [6.07, 6.45) is 3.13. The monoisotopic (exact) mass is 200 g/mol. The van der Waals surface area contributed by atoms with Gasteiger partial charge >= 0.3 is 0 Å². The normalized spacial score (nSPS) is 10.4. The summed E-state index contributed by atoms with van der Waals surface area (Å²) in [5, 5.41) is 3.73. The van der Waals surface area contributed by atoms with Gasteiger partial charge in [0.2, 0.25) is 0 Å². The first kappa shape index (κ1) is 10.3. The Morgan fingerprint density at radius 1 is 1.69 bits per heavy atom. The highest BCUT2D eigenvalue weighted by molar-refractivity contribution is 6.67. The fourth-order valence-electron chi connectivity index (χ4n) is 1.19. The van der Waals surface area contributed by atoms with Crippen LogP contribution in [0, 0.1) is 0 Å². The molecule has 0 radical (unpaired) electrons. The number of aryl methyl sites for hydroxylation is 2. The number of unbranched alkanes of at least 4 members (excludes halogenated alkanes) is 1. The summed E-state index contributed by atoms with van der Waals surface area (Å²) in [6, 6.07) is 1.75. The molecule has 0 aliphatic carbocycles. The summed E-state index contributed by atoms with van der Waals surface area (Å²) in [5.41, 5.74) is 1.40. The smallest absolute Gasteiger partial charge is 0.270 e. The molecule has 1 rings (SSSR count). The van der Waals surface area contributed by atoms with Crippen LogP contribution < -0.4 is 0 Å². The van der Waals surface area contributed by atoms with Gasteiger partial charge in [-0.3, -0.25) is 9.48 Å². The standard InChI is InChI=1S/C9H13ClN2O/c1-3-4-5-7-6-8(9(10)13)12(2)11-7/h6H,3-5H2,1-2H3. The number of rotatable bonds is 4. The summed E-state index contributed by atoms with van der Waals surface area (Å²) in [5.74, 6) is 0. The quantitative estimate of drug-likeness (QED) is 0.698. The van der Waals surface area contributed by atoms with Gasteiger partial charge < -0.3 is 0 Å². The van der Waals surface area contributed by atoms with Crippen molar-refractivity contribution in [1.82, 2.24) is 9.78 Å². The van der Waals surface area contributed by atoms with E-state index in [1.165, 1.54) is 4.68 Å². The minimum Gasteiger partial charge on any atom is -0.274 e. The van der Waals surface area contributed by atoms with Gasteiger partial charge in [0.1, 0.15) is 5.69 Å². The van der Waals surface area contributed by atoms with E-state index in [4.69, 9.17) is 11.6 Å². The second kappa shape index (κ2) is 4.42. The van der Waals surface area contributed by atoms with Gasteiger partial charge in [0.05, 0.1) is 5.69 Å². The molecule has 0 unspecified atom stereocenters. The van der Waals surface area contributed by atoms with Crippen molar-refractivity contribution in [2.24, 2.45) is 7.05 Å². The third kappa shape index (κ3) is 2.56. The van der Waals surface area contributed by atoms with Crippen LogP contribution in [0.3, 0.4) is 0 Å². The van der Waals surface area contributed by atoms with Gasteiger partial charge in [-0.2, -0.15) is 5.10 Å². The minimum absolute atomic E-state index is 0.447. The zero-order valence-electron chi connectivity index (χ0n) is 7.88. The van der Waals surface area contributed by atoms with Crippen molar-refractivity contribution in [3.05, 3.63) is 17.5 Å². The van der Waals surface area contributed by atoms with E-state index >= 15 is 0 Å². The summed E-state index contributed by atoms with van der Waals surface area (Å²) < 4.78 is 1.53. The zero-order chi connectivity index (χ0) is 9.84. The van der Waals surface area contributed by atoms with E-state index in [1.54, 1.807) is 13.1 Å². The van der Waals surface area contributed by atoms with Crippen molar-refractivity contribution in [1.29, 1.82) is 0 Å². The number of nitrogens with zero attached hydrogens (tertiary/aromatic N) is 2. The molecule has 0 atom stereocenters. The van der Waals surface area contributed by atoms with Crippen LogP contribution in [0.1, 0.15) is 35.9 Å². The third-order valence-electron chi connectivity index (χ3n) is 1.92. The number of carbonyl (C=O) groups is 1. The van der Waals surface area contributed by atoms with E-state index in [-0.39, 0.29) is 0 Å². The van der Waals surface area contributed by atoms with Crippen LogP contribution in [-0.4, -0.2) is 15.0 Å². The highest BCUT2D eigenvalue weighted by Crippen LogP contribution is 2.08. The van der Waals surface area contributed by atoms with Crippen molar-refractivity contribution in [3.8, 4) is 0 Å². The molecule has 0 amide bonds. The molecule has 1 aromatic heterocycles. The maximum Gasteiger partial charge on any atom is 0.270 e. The molecule has 0 fully saturated rings. The maximum atomic E-state index is 10.9. The number of hydrogen-bond acceptors (Lipinski definition) is 2. The molecular formula is C9H13ClN2O. The first-order valence-electron chi connectivity index (χ1n) is 4.38. The molecule has 0 spiro atoms. The molecule has 3 nitrogen and oxygen atoms in total. The Hall–Kier alpha value is -0.830. The topological polar surface area (TPSA) is 34.9 Å². The Bertz CT molecular complexity index is 307. The van der Waals surface area contributed by atoms with Gasteiger partial charge in [0, 0.05) is 7.05 Å². The highest BCUT2D eigenvalue weighted by atomic mass is 35.5. The maximum absolute atomic E-state index is 10.9. The van der Waals surface area contributed by atoms with Crippen molar-refractivity contribution >= 4 is 16.8 Å². The van der Waals surface area contributed by atoms with Crippen LogP contribution in [0.2, 0.25) is 0 Å². The lowest BCUT2D eigenvalue weighted by Gasteiger charge is -1.92. The van der Waals surface area contributed by atoms with Crippen LogP contribution in [0.4, 0.5) is 0 Å². The molecule has 0 aliphatic rings. The molecular weight excluding hydrogens is 188 g/mol. The molecule has 0 saturated heterocycles. The van der Waals surface area contributed by atoms with Gasteiger partial charge in [-0.1, -0.05) is 13.3 Å². The molecule has 1 heterocycles. The van der Waals surface area contributed by atoms with E-state index < -0.39 is 5.24 Å². The van der Waals surface area contributed by atoms with Gasteiger partial charge in [0.15, 0.2) is 0 Å². The third-order valence-corrected chi connectivity index (χ3v) is 2.11. The number of halogens is 1. The van der Waals surface area contributed by atoms with Gasteiger partial charge in [-0.25, -0.2) is 0 Å². The summed E-state index contributed by atoms with van der Waals surface area (Å²) >= 11 is 5.36. The molecule has 0 N–H and O–H groups in total. The average molecular weight is 201 g/mol. The van der Waals surface area contributed by atoms with Gasteiger partial charge in [-0.15, -0.1) is 0 Å².